The highest BCUT2D eigenvalue weighted by Gasteiger charge is 2.26. The molecule has 1 atom stereocenters. The molecule has 2 aromatic rings. The van der Waals surface area contributed by atoms with E-state index in [1.54, 1.807) is 43.1 Å². The van der Waals surface area contributed by atoms with Gasteiger partial charge in [0.25, 0.3) is 0 Å². The van der Waals surface area contributed by atoms with E-state index in [2.05, 4.69) is 6.07 Å². The Hall–Kier alpha value is -2.25. The van der Waals surface area contributed by atoms with Crippen LogP contribution in [0.4, 0.5) is 0 Å². The molecule has 6 heteroatoms. The number of hydrogen-bond donors (Lipinski definition) is 0. The second-order valence-corrected chi connectivity index (χ2v) is 10.9. The number of ether oxygens (including phenoxy) is 1. The first-order valence-corrected chi connectivity index (χ1v) is 11.7. The number of benzene rings is 2. The van der Waals surface area contributed by atoms with E-state index in [1.807, 2.05) is 38.1 Å². The van der Waals surface area contributed by atoms with Crippen molar-refractivity contribution >= 4 is 29.8 Å². The molecule has 0 spiro atoms. The van der Waals surface area contributed by atoms with Gasteiger partial charge in [0.1, 0.15) is 17.6 Å². The SMILES string of the molecule is CC(C)COP(C)(=S)/C(C#N)=C(/OC(=O)c1ccccc1)c1ccccc1. The summed E-state index contributed by atoms with van der Waals surface area (Å²) in [5.74, 6) is -0.0955. The van der Waals surface area contributed by atoms with E-state index < -0.39 is 12.2 Å². The van der Waals surface area contributed by atoms with Crippen molar-refractivity contribution in [1.82, 2.24) is 0 Å². The van der Waals surface area contributed by atoms with E-state index in [0.717, 1.165) is 0 Å². The van der Waals surface area contributed by atoms with Crippen LogP contribution in [0.25, 0.3) is 5.76 Å². The molecule has 0 heterocycles. The summed E-state index contributed by atoms with van der Waals surface area (Å²) in [5.41, 5.74) is 1.01. The fourth-order valence-electron chi connectivity index (χ4n) is 2.24. The van der Waals surface area contributed by atoms with E-state index >= 15 is 0 Å². The van der Waals surface area contributed by atoms with Gasteiger partial charge in [0.15, 0.2) is 5.76 Å². The van der Waals surface area contributed by atoms with Crippen LogP contribution in [0.15, 0.2) is 66.0 Å². The molecule has 27 heavy (non-hydrogen) atoms. The van der Waals surface area contributed by atoms with Gasteiger partial charge in [-0.1, -0.05) is 74.2 Å². The quantitative estimate of drug-likeness (QED) is 0.269. The number of allylic oxidation sites excluding steroid dienone is 1. The second kappa shape index (κ2) is 9.62. The third kappa shape index (κ3) is 5.87. The lowest BCUT2D eigenvalue weighted by molar-refractivity contribution is 0.0691. The summed E-state index contributed by atoms with van der Waals surface area (Å²) >= 11 is 5.65. The molecule has 0 fully saturated rings. The Bertz CT molecular complexity index is 902. The summed E-state index contributed by atoms with van der Waals surface area (Å²) in [6.07, 6.45) is -2.65. The first-order chi connectivity index (χ1) is 12.8. The number of carbonyl (C=O) groups is 1. The van der Waals surface area contributed by atoms with Crippen LogP contribution < -0.4 is 0 Å². The fraction of sp³-hybridized carbons (Fsp3) is 0.238. The Balaban J connectivity index is 2.50. The highest BCUT2D eigenvalue weighted by Crippen LogP contribution is 2.54. The predicted octanol–water partition coefficient (Wildman–Crippen LogP) is 5.43. The van der Waals surface area contributed by atoms with Gasteiger partial charge in [-0.3, -0.25) is 0 Å². The largest absolute Gasteiger partial charge is 0.421 e. The molecular weight excluding hydrogens is 377 g/mol. The number of esters is 1. The molecule has 140 valence electrons. The zero-order valence-electron chi connectivity index (χ0n) is 15.6. The van der Waals surface area contributed by atoms with Crippen molar-refractivity contribution in [2.75, 3.05) is 13.3 Å². The maximum absolute atomic E-state index is 12.6. The summed E-state index contributed by atoms with van der Waals surface area (Å²) < 4.78 is 11.6. The number of hydrogen-bond acceptors (Lipinski definition) is 5. The average Bonchev–Trinajstić information content (AvgIpc) is 2.67. The van der Waals surface area contributed by atoms with Crippen LogP contribution in [-0.2, 0) is 21.1 Å². The minimum absolute atomic E-state index is 0.168. The minimum atomic E-state index is -2.65. The van der Waals surface area contributed by atoms with Crippen molar-refractivity contribution in [1.29, 1.82) is 5.26 Å². The number of nitrogens with zero attached hydrogens (tertiary/aromatic N) is 1. The summed E-state index contributed by atoms with van der Waals surface area (Å²) in [6.45, 7) is 6.20. The Morgan fingerprint density at radius 3 is 2.07 bits per heavy atom. The second-order valence-electron chi connectivity index (χ2n) is 6.45. The van der Waals surface area contributed by atoms with Gasteiger partial charge < -0.3 is 9.26 Å². The van der Waals surface area contributed by atoms with Crippen LogP contribution in [-0.4, -0.2) is 19.2 Å². The molecule has 0 aromatic heterocycles. The molecule has 0 saturated carbocycles. The zero-order valence-corrected chi connectivity index (χ0v) is 17.3. The van der Waals surface area contributed by atoms with Crippen molar-refractivity contribution < 1.29 is 14.1 Å². The van der Waals surface area contributed by atoms with Gasteiger partial charge in [-0.05, 0) is 24.7 Å². The maximum Gasteiger partial charge on any atom is 0.343 e. The normalized spacial score (nSPS) is 14.0. The van der Waals surface area contributed by atoms with Gasteiger partial charge in [0.2, 0.25) is 0 Å². The lowest BCUT2D eigenvalue weighted by atomic mass is 10.1. The van der Waals surface area contributed by atoms with Crippen molar-refractivity contribution in [2.24, 2.45) is 5.92 Å². The number of rotatable bonds is 7. The standard InChI is InChI=1S/C21H22NO3PS/c1-16(2)15-24-26(3,27)19(14-22)20(17-10-6-4-7-11-17)25-21(23)18-12-8-5-9-13-18/h4-13,16H,15H2,1-3H3/b20-19+. The lowest BCUT2D eigenvalue weighted by Crippen LogP contribution is -2.08. The molecule has 0 N–H and O–H groups in total. The highest BCUT2D eigenvalue weighted by atomic mass is 32.4. The van der Waals surface area contributed by atoms with Gasteiger partial charge >= 0.3 is 5.97 Å². The Morgan fingerprint density at radius 2 is 1.59 bits per heavy atom. The summed E-state index contributed by atoms with van der Waals surface area (Å²) in [6, 6.07) is 19.8. The summed E-state index contributed by atoms with van der Waals surface area (Å²) in [7, 11) is 0. The Kier molecular flexibility index (Phi) is 7.50. The molecule has 0 aliphatic carbocycles. The van der Waals surface area contributed by atoms with Crippen LogP contribution in [0.5, 0.6) is 0 Å². The first kappa shape index (κ1) is 21.1. The molecule has 0 aliphatic rings. The fourth-order valence-corrected chi connectivity index (χ4v) is 4.23. The molecular formula is C21H22NO3PS. The van der Waals surface area contributed by atoms with Gasteiger partial charge in [-0.15, -0.1) is 0 Å². The molecule has 0 aliphatic heterocycles. The molecule has 1 unspecified atom stereocenters. The topological polar surface area (TPSA) is 59.3 Å². The minimum Gasteiger partial charge on any atom is -0.421 e. The van der Waals surface area contributed by atoms with Crippen LogP contribution in [0, 0.1) is 17.2 Å². The van der Waals surface area contributed by atoms with Gasteiger partial charge in [0.05, 0.1) is 12.2 Å². The molecule has 0 radical (unpaired) electrons. The van der Waals surface area contributed by atoms with E-state index in [-0.39, 0.29) is 17.0 Å². The average molecular weight is 399 g/mol. The van der Waals surface area contributed by atoms with Crippen LogP contribution in [0.1, 0.15) is 29.8 Å². The van der Waals surface area contributed by atoms with E-state index in [0.29, 0.717) is 17.7 Å². The van der Waals surface area contributed by atoms with Gasteiger partial charge in [-0.25, -0.2) is 4.79 Å². The van der Waals surface area contributed by atoms with Crippen molar-refractivity contribution in [3.8, 4) is 6.07 Å². The van der Waals surface area contributed by atoms with Crippen LogP contribution in [0.3, 0.4) is 0 Å². The third-order valence-electron chi connectivity index (χ3n) is 3.62. The van der Waals surface area contributed by atoms with E-state index in [1.165, 1.54) is 0 Å². The van der Waals surface area contributed by atoms with Gasteiger partial charge in [0, 0.05) is 5.56 Å². The third-order valence-corrected chi connectivity index (χ3v) is 6.24. The maximum atomic E-state index is 12.6. The Morgan fingerprint density at radius 1 is 1.07 bits per heavy atom. The van der Waals surface area contributed by atoms with E-state index in [9.17, 15) is 10.1 Å². The molecule has 2 rings (SSSR count). The van der Waals surface area contributed by atoms with Crippen molar-refractivity contribution in [3.05, 3.63) is 77.1 Å². The number of carbonyl (C=O) groups excluding carboxylic acids is 1. The van der Waals surface area contributed by atoms with Crippen LogP contribution in [0.2, 0.25) is 0 Å². The van der Waals surface area contributed by atoms with Crippen LogP contribution >= 0.6 is 6.26 Å². The first-order valence-electron chi connectivity index (χ1n) is 8.54. The number of nitriles is 1. The van der Waals surface area contributed by atoms with E-state index in [4.69, 9.17) is 21.1 Å². The molecule has 0 bridgehead atoms. The zero-order chi connectivity index (χ0) is 19.9. The van der Waals surface area contributed by atoms with Gasteiger partial charge in [-0.2, -0.15) is 5.26 Å². The van der Waals surface area contributed by atoms with Crippen molar-refractivity contribution in [2.45, 2.75) is 13.8 Å². The smallest absolute Gasteiger partial charge is 0.343 e. The summed E-state index contributed by atoms with van der Waals surface area (Å²) in [5, 5.41) is 10.0. The summed E-state index contributed by atoms with van der Waals surface area (Å²) in [4.78, 5) is 12.6. The predicted molar refractivity (Wildman–Crippen MR) is 112 cm³/mol. The Labute approximate surface area is 165 Å². The lowest BCUT2D eigenvalue weighted by Gasteiger charge is -2.21. The highest BCUT2D eigenvalue weighted by molar-refractivity contribution is 8.14. The molecule has 2 aromatic carbocycles. The molecule has 0 saturated heterocycles. The molecule has 4 nitrogen and oxygen atoms in total. The monoisotopic (exact) mass is 399 g/mol. The van der Waals surface area contributed by atoms with Crippen molar-refractivity contribution in [3.63, 3.8) is 0 Å². The molecule has 0 amide bonds.